The Kier molecular flexibility index (Phi) is 4.58. The summed E-state index contributed by atoms with van der Waals surface area (Å²) in [4.78, 5) is 15.2. The van der Waals surface area contributed by atoms with Crippen LogP contribution in [0.1, 0.15) is 40.1 Å². The molecule has 0 aromatic carbocycles. The van der Waals surface area contributed by atoms with Crippen molar-refractivity contribution < 1.29 is 14.3 Å². The third kappa shape index (κ3) is 3.16. The zero-order chi connectivity index (χ0) is 18.3. The first-order valence-electron chi connectivity index (χ1n) is 8.73. The van der Waals surface area contributed by atoms with Gasteiger partial charge in [-0.25, -0.2) is 0 Å². The van der Waals surface area contributed by atoms with E-state index in [9.17, 15) is 4.79 Å². The lowest BCUT2D eigenvalue weighted by atomic mass is 9.79. The molecule has 2 aromatic heterocycles. The van der Waals surface area contributed by atoms with E-state index in [2.05, 4.69) is 25.0 Å². The molecule has 1 fully saturated rings. The summed E-state index contributed by atoms with van der Waals surface area (Å²) in [5.41, 5.74) is 0. The van der Waals surface area contributed by atoms with Crippen molar-refractivity contribution in [2.75, 3.05) is 27.3 Å². The molecular weight excluding hydrogens is 354 g/mol. The van der Waals surface area contributed by atoms with Crippen LogP contribution in [-0.2, 0) is 13.6 Å². The second kappa shape index (κ2) is 6.88. The summed E-state index contributed by atoms with van der Waals surface area (Å²) in [5.74, 6) is 3.46. The minimum atomic E-state index is -0.0866. The summed E-state index contributed by atoms with van der Waals surface area (Å²) in [6, 6.07) is 0.156. The number of hydrogen-bond donors (Lipinski definition) is 1. The Balaban J connectivity index is 1.35. The van der Waals surface area contributed by atoms with Gasteiger partial charge in [-0.15, -0.1) is 21.5 Å². The number of nitrogens with one attached hydrogen (secondary N) is 1. The van der Waals surface area contributed by atoms with Gasteiger partial charge in [-0.3, -0.25) is 4.79 Å². The highest BCUT2D eigenvalue weighted by atomic mass is 32.1. The molecule has 0 unspecified atom stereocenters. The number of carbonyl (C=O) groups is 1. The molecule has 2 aromatic rings. The minimum Gasteiger partial charge on any atom is -0.485 e. The fourth-order valence-corrected chi connectivity index (χ4v) is 4.20. The maximum Gasteiger partial charge on any atom is 0.265 e. The van der Waals surface area contributed by atoms with Gasteiger partial charge in [0.1, 0.15) is 29.7 Å². The van der Waals surface area contributed by atoms with Crippen LogP contribution >= 0.6 is 11.3 Å². The largest absolute Gasteiger partial charge is 0.485 e. The smallest absolute Gasteiger partial charge is 0.265 e. The maximum atomic E-state index is 12.5. The molecule has 140 valence electrons. The lowest BCUT2D eigenvalue weighted by Crippen LogP contribution is -2.44. The van der Waals surface area contributed by atoms with Gasteiger partial charge in [0.25, 0.3) is 5.91 Å². The van der Waals surface area contributed by atoms with Crippen molar-refractivity contribution in [3.8, 4) is 11.5 Å². The standard InChI is InChI=1S/C17H23N5O3S/c1-21(2)8-13-19-20-16(22(13)3)10-6-11(7-10)18-17(23)15-14-12(9-26-15)24-4-5-25-14/h9-11H,4-8H2,1-3H3,(H,18,23). The Hall–Kier alpha value is -2.13. The van der Waals surface area contributed by atoms with E-state index in [4.69, 9.17) is 9.47 Å². The molecule has 4 rings (SSSR count). The predicted octanol–water partition coefficient (Wildman–Crippen LogP) is 1.39. The number of carbonyl (C=O) groups excluding carboxylic acids is 1. The molecule has 0 spiro atoms. The number of amides is 1. The molecule has 3 heterocycles. The summed E-state index contributed by atoms with van der Waals surface area (Å²) in [6.07, 6.45) is 1.76. The minimum absolute atomic E-state index is 0.0866. The Morgan fingerprint density at radius 1 is 1.35 bits per heavy atom. The van der Waals surface area contributed by atoms with Gasteiger partial charge in [0.15, 0.2) is 11.5 Å². The molecule has 0 atom stereocenters. The van der Waals surface area contributed by atoms with Gasteiger partial charge >= 0.3 is 0 Å². The van der Waals surface area contributed by atoms with E-state index in [0.29, 0.717) is 35.5 Å². The lowest BCUT2D eigenvalue weighted by molar-refractivity contribution is 0.0902. The molecule has 0 saturated heterocycles. The first-order chi connectivity index (χ1) is 12.5. The van der Waals surface area contributed by atoms with Crippen LogP contribution in [0.15, 0.2) is 5.38 Å². The number of fused-ring (bicyclic) bond motifs is 1. The van der Waals surface area contributed by atoms with E-state index >= 15 is 0 Å². The summed E-state index contributed by atoms with van der Waals surface area (Å²) < 4.78 is 13.2. The van der Waals surface area contributed by atoms with E-state index in [1.54, 1.807) is 0 Å². The molecule has 8 nitrogen and oxygen atoms in total. The average molecular weight is 377 g/mol. The fraction of sp³-hybridized carbons (Fsp3) is 0.588. The Morgan fingerprint density at radius 2 is 2.12 bits per heavy atom. The van der Waals surface area contributed by atoms with Crippen molar-refractivity contribution in [2.45, 2.75) is 31.3 Å². The molecule has 1 aliphatic carbocycles. The SMILES string of the molecule is CN(C)Cc1nnc(C2CC(NC(=O)c3scc4c3OCCO4)C2)n1C. The fourth-order valence-electron chi connectivity index (χ4n) is 3.37. The van der Waals surface area contributed by atoms with Crippen LogP contribution < -0.4 is 14.8 Å². The maximum absolute atomic E-state index is 12.5. The van der Waals surface area contributed by atoms with Crippen molar-refractivity contribution in [1.29, 1.82) is 0 Å². The second-order valence-corrected chi connectivity index (χ2v) is 7.94. The zero-order valence-corrected chi connectivity index (χ0v) is 16.0. The van der Waals surface area contributed by atoms with Crippen LogP contribution in [0.25, 0.3) is 0 Å². The van der Waals surface area contributed by atoms with Crippen molar-refractivity contribution in [3.05, 3.63) is 21.9 Å². The quantitative estimate of drug-likeness (QED) is 0.848. The summed E-state index contributed by atoms with van der Waals surface area (Å²) >= 11 is 1.37. The number of thiophene rings is 1. The van der Waals surface area contributed by atoms with Crippen LogP contribution in [0.4, 0.5) is 0 Å². The first-order valence-corrected chi connectivity index (χ1v) is 9.61. The van der Waals surface area contributed by atoms with Crippen LogP contribution in [-0.4, -0.2) is 58.9 Å². The van der Waals surface area contributed by atoms with Gasteiger partial charge in [0.05, 0.1) is 6.54 Å². The third-order valence-electron chi connectivity index (χ3n) is 4.80. The van der Waals surface area contributed by atoms with Gasteiger partial charge < -0.3 is 24.3 Å². The Labute approximate surface area is 156 Å². The summed E-state index contributed by atoms with van der Waals surface area (Å²) in [7, 11) is 6.04. The molecule has 1 saturated carbocycles. The molecule has 26 heavy (non-hydrogen) atoms. The number of aromatic nitrogens is 3. The van der Waals surface area contributed by atoms with E-state index in [1.807, 2.05) is 26.5 Å². The first kappa shape index (κ1) is 17.3. The summed E-state index contributed by atoms with van der Waals surface area (Å²) in [5, 5.41) is 13.6. The van der Waals surface area contributed by atoms with Crippen molar-refractivity contribution in [3.63, 3.8) is 0 Å². The number of ether oxygens (including phenoxy) is 2. The number of rotatable bonds is 5. The average Bonchev–Trinajstić information content (AvgIpc) is 3.15. The van der Waals surface area contributed by atoms with Crippen LogP contribution in [0, 0.1) is 0 Å². The van der Waals surface area contributed by atoms with Crippen LogP contribution in [0.5, 0.6) is 11.5 Å². The Morgan fingerprint density at radius 3 is 2.88 bits per heavy atom. The van der Waals surface area contributed by atoms with Gasteiger partial charge in [0.2, 0.25) is 0 Å². The highest BCUT2D eigenvalue weighted by molar-refractivity contribution is 7.12. The molecule has 1 N–H and O–H groups in total. The van der Waals surface area contributed by atoms with Crippen LogP contribution in [0.2, 0.25) is 0 Å². The molecule has 0 radical (unpaired) electrons. The molecule has 0 bridgehead atoms. The predicted molar refractivity (Wildman–Crippen MR) is 96.9 cm³/mol. The van der Waals surface area contributed by atoms with Crippen LogP contribution in [0.3, 0.4) is 0 Å². The Bertz CT molecular complexity index is 809. The third-order valence-corrected chi connectivity index (χ3v) is 5.74. The molecule has 1 amide bonds. The van der Waals surface area contributed by atoms with Gasteiger partial charge in [-0.1, -0.05) is 0 Å². The van der Waals surface area contributed by atoms with Gasteiger partial charge in [0, 0.05) is 24.4 Å². The van der Waals surface area contributed by atoms with E-state index in [0.717, 1.165) is 31.0 Å². The van der Waals surface area contributed by atoms with Crippen molar-refractivity contribution in [1.82, 2.24) is 25.0 Å². The summed E-state index contributed by atoms with van der Waals surface area (Å²) in [6.45, 7) is 1.78. The normalized spacial score (nSPS) is 21.5. The van der Waals surface area contributed by atoms with Gasteiger partial charge in [-0.05, 0) is 26.9 Å². The highest BCUT2D eigenvalue weighted by Gasteiger charge is 2.36. The monoisotopic (exact) mass is 377 g/mol. The number of nitrogens with zero attached hydrogens (tertiary/aromatic N) is 4. The topological polar surface area (TPSA) is 81.5 Å². The second-order valence-electron chi connectivity index (χ2n) is 7.07. The molecular formula is C17H23N5O3S. The highest BCUT2D eigenvalue weighted by Crippen LogP contribution is 2.40. The van der Waals surface area contributed by atoms with E-state index in [1.165, 1.54) is 11.3 Å². The number of hydrogen-bond acceptors (Lipinski definition) is 7. The van der Waals surface area contributed by atoms with Crippen molar-refractivity contribution in [2.24, 2.45) is 7.05 Å². The van der Waals surface area contributed by atoms with Gasteiger partial charge in [-0.2, -0.15) is 0 Å². The lowest BCUT2D eigenvalue weighted by Gasteiger charge is -2.35. The van der Waals surface area contributed by atoms with Crippen molar-refractivity contribution >= 4 is 17.2 Å². The zero-order valence-electron chi connectivity index (χ0n) is 15.2. The molecule has 9 heteroatoms. The van der Waals surface area contributed by atoms with E-state index < -0.39 is 0 Å². The molecule has 1 aliphatic heterocycles. The van der Waals surface area contributed by atoms with E-state index in [-0.39, 0.29) is 11.9 Å². The molecule has 2 aliphatic rings.